The fourth-order valence-corrected chi connectivity index (χ4v) is 9.27. The Labute approximate surface area is 243 Å². The first-order valence-electron chi connectivity index (χ1n) is 17.3. The summed E-state index contributed by atoms with van der Waals surface area (Å²) in [5.74, 6) is 5.45. The molecule has 0 radical (unpaired) electrons. The van der Waals surface area contributed by atoms with E-state index in [1.165, 1.54) is 102 Å². The number of hydrogen-bond acceptors (Lipinski definition) is 2. The van der Waals surface area contributed by atoms with Crippen LogP contribution in [-0.4, -0.2) is 13.2 Å². The zero-order valence-corrected chi connectivity index (χ0v) is 25.5. The van der Waals surface area contributed by atoms with Crippen LogP contribution in [-0.2, 0) is 0 Å². The average Bonchev–Trinajstić information content (AvgIpc) is 2.99. The minimum atomic E-state index is -0.929. The van der Waals surface area contributed by atoms with Crippen LogP contribution in [0.3, 0.4) is 0 Å². The molecule has 4 fully saturated rings. The van der Waals surface area contributed by atoms with Gasteiger partial charge in [0.2, 0.25) is 11.6 Å². The number of ether oxygens (including phenoxy) is 2. The highest BCUT2D eigenvalue weighted by Crippen LogP contribution is 2.52. The van der Waals surface area contributed by atoms with Crippen LogP contribution in [0.4, 0.5) is 8.78 Å². The molecule has 5 rings (SSSR count). The lowest BCUT2D eigenvalue weighted by atomic mass is 9.58. The summed E-state index contributed by atoms with van der Waals surface area (Å²) in [7, 11) is 0. The highest BCUT2D eigenvalue weighted by atomic mass is 19.2. The van der Waals surface area contributed by atoms with E-state index in [0.717, 1.165) is 67.1 Å². The van der Waals surface area contributed by atoms with E-state index in [1.807, 2.05) is 6.92 Å². The highest BCUT2D eigenvalue weighted by molar-refractivity contribution is 5.35. The van der Waals surface area contributed by atoms with Crippen molar-refractivity contribution in [3.8, 4) is 11.5 Å². The molecule has 0 spiro atoms. The van der Waals surface area contributed by atoms with Gasteiger partial charge in [-0.2, -0.15) is 8.78 Å². The average molecular weight is 559 g/mol. The molecule has 1 aromatic carbocycles. The van der Waals surface area contributed by atoms with Crippen molar-refractivity contribution in [1.82, 2.24) is 0 Å². The summed E-state index contributed by atoms with van der Waals surface area (Å²) in [5.41, 5.74) is 0. The largest absolute Gasteiger partial charge is 0.490 e. The molecule has 0 heterocycles. The fraction of sp³-hybridized carbons (Fsp3) is 0.833. The van der Waals surface area contributed by atoms with Gasteiger partial charge in [0.1, 0.15) is 0 Å². The second-order valence-corrected chi connectivity index (χ2v) is 14.2. The van der Waals surface area contributed by atoms with Crippen molar-refractivity contribution in [3.63, 3.8) is 0 Å². The molecule has 0 bridgehead atoms. The Balaban J connectivity index is 1.02. The first kappa shape index (κ1) is 30.1. The number of unbranched alkanes of at least 4 members (excludes halogenated alkanes) is 1. The summed E-state index contributed by atoms with van der Waals surface area (Å²) in [6, 6.07) is 3.03. The molecule has 4 unspecified atom stereocenters. The van der Waals surface area contributed by atoms with Crippen LogP contribution < -0.4 is 9.47 Å². The van der Waals surface area contributed by atoms with Gasteiger partial charge in [-0.1, -0.05) is 46.0 Å². The number of benzene rings is 1. The van der Waals surface area contributed by atoms with E-state index < -0.39 is 11.6 Å². The second kappa shape index (κ2) is 14.7. The Morgan fingerprint density at radius 2 is 1.02 bits per heavy atom. The molecule has 4 aliphatic rings. The SMILES string of the molecule is CCCCOc1ccc(OCC2CCC(C3CCC4CC(C5CCC(CCC)CC5)CCC4C3)CC2)c(F)c1F. The lowest BCUT2D eigenvalue weighted by Gasteiger charge is -2.47. The normalized spacial score (nSPS) is 34.7. The van der Waals surface area contributed by atoms with E-state index in [4.69, 9.17) is 9.47 Å². The Hall–Kier alpha value is -1.32. The maximum absolute atomic E-state index is 14.6. The van der Waals surface area contributed by atoms with E-state index in [1.54, 1.807) is 0 Å². The number of rotatable bonds is 11. The van der Waals surface area contributed by atoms with Crippen molar-refractivity contribution in [2.75, 3.05) is 13.2 Å². The Kier molecular flexibility index (Phi) is 11.1. The van der Waals surface area contributed by atoms with Gasteiger partial charge in [-0.05, 0) is 143 Å². The molecule has 1 aromatic rings. The molecule has 40 heavy (non-hydrogen) atoms. The van der Waals surface area contributed by atoms with Crippen molar-refractivity contribution in [2.24, 2.45) is 47.3 Å². The van der Waals surface area contributed by atoms with Gasteiger partial charge in [0, 0.05) is 0 Å². The topological polar surface area (TPSA) is 18.5 Å². The molecule has 2 nitrogen and oxygen atoms in total. The van der Waals surface area contributed by atoms with Gasteiger partial charge in [0.05, 0.1) is 13.2 Å². The molecule has 226 valence electrons. The quantitative estimate of drug-likeness (QED) is 0.252. The van der Waals surface area contributed by atoms with Crippen LogP contribution in [0, 0.1) is 59.0 Å². The summed E-state index contributed by atoms with van der Waals surface area (Å²) in [6.07, 6.45) is 24.4. The molecule has 4 heteroatoms. The molecular formula is C36H56F2O2. The van der Waals surface area contributed by atoms with E-state index >= 15 is 0 Å². The summed E-state index contributed by atoms with van der Waals surface area (Å²) in [5, 5.41) is 0. The Morgan fingerprint density at radius 3 is 1.52 bits per heavy atom. The van der Waals surface area contributed by atoms with Gasteiger partial charge in [0.15, 0.2) is 11.5 Å². The molecule has 0 saturated heterocycles. The zero-order valence-electron chi connectivity index (χ0n) is 25.5. The van der Waals surface area contributed by atoms with Crippen LogP contribution in [0.2, 0.25) is 0 Å². The fourth-order valence-electron chi connectivity index (χ4n) is 9.27. The number of hydrogen-bond donors (Lipinski definition) is 0. The molecule has 0 aromatic heterocycles. The van der Waals surface area contributed by atoms with E-state index in [9.17, 15) is 8.78 Å². The summed E-state index contributed by atoms with van der Waals surface area (Å²) in [6.45, 7) is 5.27. The third-order valence-corrected chi connectivity index (χ3v) is 11.7. The minimum absolute atomic E-state index is 0.0171. The monoisotopic (exact) mass is 558 g/mol. The molecule has 4 saturated carbocycles. The number of halogens is 2. The lowest BCUT2D eigenvalue weighted by Crippen LogP contribution is -2.37. The zero-order chi connectivity index (χ0) is 27.9. The van der Waals surface area contributed by atoms with Gasteiger partial charge in [-0.25, -0.2) is 0 Å². The Morgan fingerprint density at radius 1 is 0.575 bits per heavy atom. The van der Waals surface area contributed by atoms with Gasteiger partial charge in [0.25, 0.3) is 0 Å². The van der Waals surface area contributed by atoms with Gasteiger partial charge in [-0.3, -0.25) is 0 Å². The molecule has 4 atom stereocenters. The van der Waals surface area contributed by atoms with Gasteiger partial charge >= 0.3 is 0 Å². The molecular weight excluding hydrogens is 502 g/mol. The first-order valence-corrected chi connectivity index (χ1v) is 17.3. The predicted molar refractivity (Wildman–Crippen MR) is 160 cm³/mol. The van der Waals surface area contributed by atoms with Gasteiger partial charge in [-0.15, -0.1) is 0 Å². The van der Waals surface area contributed by atoms with E-state index in [0.29, 0.717) is 19.1 Å². The summed E-state index contributed by atoms with van der Waals surface area (Å²) >= 11 is 0. The van der Waals surface area contributed by atoms with Crippen LogP contribution in [0.25, 0.3) is 0 Å². The Bertz CT molecular complexity index is 902. The minimum Gasteiger partial charge on any atom is -0.490 e. The van der Waals surface area contributed by atoms with Crippen molar-refractivity contribution in [3.05, 3.63) is 23.8 Å². The van der Waals surface area contributed by atoms with Gasteiger partial charge < -0.3 is 9.47 Å². The second-order valence-electron chi connectivity index (χ2n) is 14.2. The van der Waals surface area contributed by atoms with Crippen molar-refractivity contribution < 1.29 is 18.3 Å². The molecule has 0 amide bonds. The van der Waals surface area contributed by atoms with Crippen LogP contribution in [0.1, 0.15) is 129 Å². The third-order valence-electron chi connectivity index (χ3n) is 11.7. The molecule has 0 aliphatic heterocycles. The standard InChI is InChI=1S/C36H56F2O2/c1-3-5-21-39-33-19-20-34(36(38)35(33)37)40-24-26-9-13-28(14-10-26)30-16-18-31-22-29(15-17-32(31)23-30)27-11-7-25(6-4-2)8-12-27/h19-20,25-32H,3-18,21-24H2,1-2H3. The van der Waals surface area contributed by atoms with E-state index in [-0.39, 0.29) is 11.5 Å². The number of fused-ring (bicyclic) bond motifs is 1. The smallest absolute Gasteiger partial charge is 0.204 e. The summed E-state index contributed by atoms with van der Waals surface area (Å²) in [4.78, 5) is 0. The maximum Gasteiger partial charge on any atom is 0.204 e. The predicted octanol–water partition coefficient (Wildman–Crippen LogP) is 10.8. The van der Waals surface area contributed by atoms with Crippen LogP contribution >= 0.6 is 0 Å². The van der Waals surface area contributed by atoms with Crippen LogP contribution in [0.5, 0.6) is 11.5 Å². The van der Waals surface area contributed by atoms with Crippen LogP contribution in [0.15, 0.2) is 12.1 Å². The maximum atomic E-state index is 14.6. The lowest BCUT2D eigenvalue weighted by molar-refractivity contribution is 0.0351. The molecule has 0 N–H and O–H groups in total. The van der Waals surface area contributed by atoms with Crippen molar-refractivity contribution >= 4 is 0 Å². The van der Waals surface area contributed by atoms with E-state index in [2.05, 4.69) is 6.92 Å². The third kappa shape index (κ3) is 7.54. The first-order chi connectivity index (χ1) is 19.6. The molecule has 4 aliphatic carbocycles. The van der Waals surface area contributed by atoms with Crippen molar-refractivity contribution in [1.29, 1.82) is 0 Å². The highest BCUT2D eigenvalue weighted by Gasteiger charge is 2.41. The summed E-state index contributed by atoms with van der Waals surface area (Å²) < 4.78 is 40.1. The van der Waals surface area contributed by atoms with Crippen molar-refractivity contribution in [2.45, 2.75) is 129 Å².